The first kappa shape index (κ1) is 10.8. The molecule has 0 aliphatic rings. The van der Waals surface area contributed by atoms with Crippen molar-refractivity contribution in [3.63, 3.8) is 0 Å². The maximum atomic E-state index is 4.56. The van der Waals surface area contributed by atoms with Crippen LogP contribution in [0.3, 0.4) is 0 Å². The third-order valence-corrected chi connectivity index (χ3v) is 3.52. The molecule has 0 spiro atoms. The number of aromatic nitrogens is 1. The van der Waals surface area contributed by atoms with E-state index in [9.17, 15) is 0 Å². The van der Waals surface area contributed by atoms with Crippen LogP contribution in [0.4, 0.5) is 0 Å². The number of quaternary nitrogens is 1. The van der Waals surface area contributed by atoms with Crippen molar-refractivity contribution in [1.29, 1.82) is 0 Å². The second-order valence-corrected chi connectivity index (χ2v) is 5.10. The lowest BCUT2D eigenvalue weighted by Gasteiger charge is -1.96. The molecule has 0 aliphatic heterocycles. The molecule has 0 amide bonds. The van der Waals surface area contributed by atoms with Crippen molar-refractivity contribution >= 4 is 27.3 Å². The van der Waals surface area contributed by atoms with E-state index in [1.54, 1.807) is 11.3 Å². The van der Waals surface area contributed by atoms with E-state index in [4.69, 9.17) is 0 Å². The van der Waals surface area contributed by atoms with Gasteiger partial charge in [0.05, 0.1) is 17.2 Å². The molecule has 2 rings (SSSR count). The molecule has 0 bridgehead atoms. The molecule has 2 aromatic rings. The number of nitrogens with zero attached hydrogens (tertiary/aromatic N) is 1. The van der Waals surface area contributed by atoms with Crippen LogP contribution in [0.25, 0.3) is 11.3 Å². The molecule has 3 N–H and O–H groups in total. The quantitative estimate of drug-likeness (QED) is 0.923. The highest BCUT2D eigenvalue weighted by atomic mass is 79.9. The molecule has 1 aromatic carbocycles. The topological polar surface area (TPSA) is 40.5 Å². The van der Waals surface area contributed by atoms with Crippen molar-refractivity contribution in [2.24, 2.45) is 0 Å². The average molecular weight is 284 g/mol. The van der Waals surface area contributed by atoms with Crippen LogP contribution < -0.4 is 5.73 Å². The first-order valence-electron chi connectivity index (χ1n) is 4.79. The Morgan fingerprint density at radius 2 is 2.00 bits per heavy atom. The first-order valence-corrected chi connectivity index (χ1v) is 6.46. The van der Waals surface area contributed by atoms with Gasteiger partial charge in [-0.2, -0.15) is 0 Å². The second-order valence-electron chi connectivity index (χ2n) is 3.24. The van der Waals surface area contributed by atoms with Crippen molar-refractivity contribution in [2.45, 2.75) is 6.42 Å². The summed E-state index contributed by atoms with van der Waals surface area (Å²) in [4.78, 5) is 4.56. The van der Waals surface area contributed by atoms with Gasteiger partial charge in [-0.25, -0.2) is 4.98 Å². The van der Waals surface area contributed by atoms with Crippen molar-refractivity contribution in [3.05, 3.63) is 39.1 Å². The zero-order valence-electron chi connectivity index (χ0n) is 8.24. The van der Waals surface area contributed by atoms with Gasteiger partial charge in [0.1, 0.15) is 0 Å². The van der Waals surface area contributed by atoms with Gasteiger partial charge in [0.25, 0.3) is 0 Å². The lowest BCUT2D eigenvalue weighted by Crippen LogP contribution is -2.51. The molecule has 0 saturated heterocycles. The van der Waals surface area contributed by atoms with Crippen LogP contribution in [0.2, 0.25) is 0 Å². The van der Waals surface area contributed by atoms with Crippen molar-refractivity contribution < 1.29 is 5.73 Å². The van der Waals surface area contributed by atoms with Crippen LogP contribution in [0.1, 0.15) is 5.01 Å². The molecule has 1 aromatic heterocycles. The highest BCUT2D eigenvalue weighted by Crippen LogP contribution is 2.23. The molecule has 0 aliphatic carbocycles. The van der Waals surface area contributed by atoms with Gasteiger partial charge in [-0.1, -0.05) is 28.1 Å². The number of thiazole rings is 1. The fraction of sp³-hybridized carbons (Fsp3) is 0.182. The lowest BCUT2D eigenvalue weighted by molar-refractivity contribution is -0.366. The number of hydrogen-bond donors (Lipinski definition) is 1. The van der Waals surface area contributed by atoms with Crippen molar-refractivity contribution in [1.82, 2.24) is 4.98 Å². The number of hydrogen-bond acceptors (Lipinski definition) is 2. The minimum absolute atomic E-state index is 0.910. The number of rotatable bonds is 3. The zero-order valence-corrected chi connectivity index (χ0v) is 10.6. The van der Waals surface area contributed by atoms with Crippen LogP contribution in [-0.4, -0.2) is 11.5 Å². The van der Waals surface area contributed by atoms with Gasteiger partial charge in [-0.15, -0.1) is 11.3 Å². The van der Waals surface area contributed by atoms with Crippen molar-refractivity contribution in [3.8, 4) is 11.3 Å². The van der Waals surface area contributed by atoms with Gasteiger partial charge in [0.2, 0.25) is 0 Å². The summed E-state index contributed by atoms with van der Waals surface area (Å²) in [6, 6.07) is 8.23. The van der Waals surface area contributed by atoms with E-state index < -0.39 is 0 Å². The molecule has 0 fully saturated rings. The molecule has 0 saturated carbocycles. The predicted molar refractivity (Wildman–Crippen MR) is 66.7 cm³/mol. The van der Waals surface area contributed by atoms with Gasteiger partial charge in [-0.3, -0.25) is 0 Å². The second kappa shape index (κ2) is 4.88. The highest BCUT2D eigenvalue weighted by Gasteiger charge is 2.03. The monoisotopic (exact) mass is 283 g/mol. The average Bonchev–Trinajstić information content (AvgIpc) is 2.68. The van der Waals surface area contributed by atoms with Crippen LogP contribution in [-0.2, 0) is 6.42 Å². The molecule has 78 valence electrons. The summed E-state index contributed by atoms with van der Waals surface area (Å²) in [5.41, 5.74) is 6.07. The van der Waals surface area contributed by atoms with Gasteiger partial charge in [0, 0.05) is 21.8 Å². The molecule has 4 heteroatoms. The number of halogens is 1. The van der Waals surface area contributed by atoms with Crippen LogP contribution >= 0.6 is 27.3 Å². The lowest BCUT2D eigenvalue weighted by atomic mass is 10.2. The third-order valence-electron chi connectivity index (χ3n) is 2.08. The normalized spacial score (nSPS) is 10.5. The molecule has 0 radical (unpaired) electrons. The summed E-state index contributed by atoms with van der Waals surface area (Å²) in [5.74, 6) is 0. The molecule has 0 atom stereocenters. The predicted octanol–water partition coefficient (Wildman–Crippen LogP) is 2.36. The van der Waals surface area contributed by atoms with Crippen LogP contribution in [0, 0.1) is 0 Å². The van der Waals surface area contributed by atoms with E-state index in [2.05, 4.69) is 44.2 Å². The Labute approximate surface area is 101 Å². The Morgan fingerprint density at radius 3 is 2.67 bits per heavy atom. The molecule has 0 unspecified atom stereocenters. The van der Waals surface area contributed by atoms with Gasteiger partial charge in [-0.05, 0) is 12.1 Å². The Balaban J connectivity index is 2.25. The standard InChI is InChI=1S/C11H11BrN2S/c12-9-3-1-8(2-4-9)10-7-15-11(14-10)5-6-13/h1-4,7H,5-6,13H2/p+1. The Hall–Kier alpha value is -0.710. The van der Waals surface area contributed by atoms with E-state index in [-0.39, 0.29) is 0 Å². The van der Waals surface area contributed by atoms with E-state index in [0.717, 1.165) is 23.1 Å². The van der Waals surface area contributed by atoms with Gasteiger partial charge in [0.15, 0.2) is 0 Å². The van der Waals surface area contributed by atoms with Gasteiger partial charge < -0.3 is 5.73 Å². The summed E-state index contributed by atoms with van der Waals surface area (Å²) >= 11 is 5.13. The Kier molecular flexibility index (Phi) is 3.51. The minimum atomic E-state index is 0.910. The summed E-state index contributed by atoms with van der Waals surface area (Å²) in [6.45, 7) is 0.910. The molecular weight excluding hydrogens is 272 g/mol. The van der Waals surface area contributed by atoms with E-state index in [1.165, 1.54) is 10.6 Å². The third kappa shape index (κ3) is 2.65. The van der Waals surface area contributed by atoms with Crippen molar-refractivity contribution in [2.75, 3.05) is 6.54 Å². The molecule has 1 heterocycles. The molecule has 15 heavy (non-hydrogen) atoms. The summed E-state index contributed by atoms with van der Waals surface area (Å²) in [7, 11) is 0. The van der Waals surface area contributed by atoms with E-state index in [1.807, 2.05) is 12.1 Å². The SMILES string of the molecule is [NH3+]CCc1nc(-c2ccc(Br)cc2)cs1. The first-order chi connectivity index (χ1) is 7.29. The Bertz CT molecular complexity index is 436. The largest absolute Gasteiger partial charge is 0.357 e. The molecular formula is C11H12BrN2S+. The van der Waals surface area contributed by atoms with Crippen LogP contribution in [0.15, 0.2) is 34.1 Å². The van der Waals surface area contributed by atoms with Gasteiger partial charge >= 0.3 is 0 Å². The molecule has 2 nitrogen and oxygen atoms in total. The summed E-state index contributed by atoms with van der Waals surface area (Å²) in [5, 5.41) is 3.27. The van der Waals surface area contributed by atoms with Crippen LogP contribution in [0.5, 0.6) is 0 Å². The fourth-order valence-electron chi connectivity index (χ4n) is 1.33. The highest BCUT2D eigenvalue weighted by molar-refractivity contribution is 9.10. The van der Waals surface area contributed by atoms with E-state index >= 15 is 0 Å². The Morgan fingerprint density at radius 1 is 1.27 bits per heavy atom. The zero-order chi connectivity index (χ0) is 10.7. The summed E-state index contributed by atoms with van der Waals surface area (Å²) in [6.07, 6.45) is 0.973. The number of benzene rings is 1. The minimum Gasteiger partial charge on any atom is -0.357 e. The smallest absolute Gasteiger partial charge is 0.0988 e. The fourth-order valence-corrected chi connectivity index (χ4v) is 2.44. The maximum Gasteiger partial charge on any atom is 0.0988 e. The van der Waals surface area contributed by atoms with E-state index in [0.29, 0.717) is 0 Å². The maximum absolute atomic E-state index is 4.56. The summed E-state index contributed by atoms with van der Waals surface area (Å²) < 4.78 is 1.10.